The predicted molar refractivity (Wildman–Crippen MR) is 153 cm³/mol. The van der Waals surface area contributed by atoms with E-state index in [0.29, 0.717) is 29.9 Å². The lowest BCUT2D eigenvalue weighted by Crippen LogP contribution is -2.38. The van der Waals surface area contributed by atoms with Gasteiger partial charge in [-0.2, -0.15) is 0 Å². The van der Waals surface area contributed by atoms with Crippen molar-refractivity contribution in [2.45, 2.75) is 38.2 Å². The third-order valence-electron chi connectivity index (χ3n) is 7.49. The largest absolute Gasteiger partial charge is 0.497 e. The van der Waals surface area contributed by atoms with Crippen molar-refractivity contribution in [2.24, 2.45) is 10.9 Å². The average Bonchev–Trinajstić information content (AvgIpc) is 2.95. The van der Waals surface area contributed by atoms with Crippen molar-refractivity contribution in [3.8, 4) is 11.5 Å². The zero-order valence-corrected chi connectivity index (χ0v) is 23.7. The number of methoxy groups -OCH3 is 2. The number of rotatable bonds is 7. The molecule has 3 aromatic rings. The fourth-order valence-electron chi connectivity index (χ4n) is 5.53. The monoisotopic (exact) mass is 587 g/mol. The molecular weight excluding hydrogens is 558 g/mol. The molecule has 0 radical (unpaired) electrons. The van der Waals surface area contributed by atoms with E-state index < -0.39 is 17.8 Å². The number of carbonyl (C=O) groups excluding carboxylic acids is 2. The van der Waals surface area contributed by atoms with Gasteiger partial charge in [0, 0.05) is 29.3 Å². The summed E-state index contributed by atoms with van der Waals surface area (Å²) >= 11 is 3.58. The van der Waals surface area contributed by atoms with Gasteiger partial charge in [-0.05, 0) is 76.1 Å². The maximum atomic E-state index is 13.8. The number of carbonyl (C=O) groups is 2. The fraction of sp³-hybridized carbons (Fsp3) is 0.281. The smallest absolute Gasteiger partial charge is 0.315 e. The molecule has 1 aliphatic heterocycles. The third-order valence-corrected chi connectivity index (χ3v) is 8.11. The van der Waals surface area contributed by atoms with Gasteiger partial charge in [0.05, 0.1) is 18.7 Å². The van der Waals surface area contributed by atoms with Crippen LogP contribution in [0.25, 0.3) is 0 Å². The highest BCUT2D eigenvalue weighted by Crippen LogP contribution is 2.47. The molecule has 3 atom stereocenters. The molecule has 7 heteroatoms. The summed E-state index contributed by atoms with van der Waals surface area (Å²) in [4.78, 5) is 32.3. The molecule has 5 rings (SSSR count). The summed E-state index contributed by atoms with van der Waals surface area (Å²) in [6, 6.07) is 23.1. The molecule has 0 saturated carbocycles. The zero-order valence-electron chi connectivity index (χ0n) is 22.1. The van der Waals surface area contributed by atoms with E-state index in [9.17, 15) is 9.59 Å². The number of nitrogens with zero attached hydrogens (tertiary/aromatic N) is 1. The highest BCUT2D eigenvalue weighted by atomic mass is 79.9. The van der Waals surface area contributed by atoms with Crippen LogP contribution in [0.1, 0.15) is 48.3 Å². The Hall–Kier alpha value is -3.71. The first kappa shape index (κ1) is 26.9. The van der Waals surface area contributed by atoms with Gasteiger partial charge in [0.1, 0.15) is 24.0 Å². The lowest BCUT2D eigenvalue weighted by Gasteiger charge is -2.36. The molecule has 1 unspecified atom stereocenters. The highest BCUT2D eigenvalue weighted by molar-refractivity contribution is 9.10. The molecule has 0 amide bonds. The Balaban J connectivity index is 1.52. The highest BCUT2D eigenvalue weighted by Gasteiger charge is 2.45. The van der Waals surface area contributed by atoms with Gasteiger partial charge in [-0.25, -0.2) is 0 Å². The summed E-state index contributed by atoms with van der Waals surface area (Å²) in [6.45, 7) is 2.01. The lowest BCUT2D eigenvalue weighted by molar-refractivity contribution is -0.148. The standard InChI is InChI=1S/C32H30BrNO5/c1-19-29(32(36)39-18-20-7-5-4-6-8-20)30(22-11-14-28(38-3)25(33)15-22)31-26(34-19)16-23(17-27(31)35)21-9-12-24(37-2)13-10-21/h4-15,23,29-30H,16-18H2,1-3H3/t23-,29?,30-/m0/s1. The normalized spacial score (nSPS) is 20.7. The Kier molecular flexibility index (Phi) is 7.98. The summed E-state index contributed by atoms with van der Waals surface area (Å²) in [5.74, 6) is -0.161. The molecule has 3 aromatic carbocycles. The summed E-state index contributed by atoms with van der Waals surface area (Å²) in [5.41, 5.74) is 4.79. The van der Waals surface area contributed by atoms with Crippen molar-refractivity contribution in [2.75, 3.05) is 14.2 Å². The van der Waals surface area contributed by atoms with E-state index in [-0.39, 0.29) is 18.3 Å². The first-order valence-electron chi connectivity index (χ1n) is 12.9. The number of halogens is 1. The van der Waals surface area contributed by atoms with E-state index in [2.05, 4.69) is 15.9 Å². The quantitative estimate of drug-likeness (QED) is 0.285. The van der Waals surface area contributed by atoms with Crippen LogP contribution in [0.5, 0.6) is 11.5 Å². The van der Waals surface area contributed by atoms with Crippen molar-refractivity contribution in [1.82, 2.24) is 0 Å². The fourth-order valence-corrected chi connectivity index (χ4v) is 6.09. The molecule has 0 bridgehead atoms. The van der Waals surface area contributed by atoms with E-state index in [4.69, 9.17) is 19.2 Å². The number of allylic oxidation sites excluding steroid dienone is 2. The lowest BCUT2D eigenvalue weighted by atomic mass is 9.69. The van der Waals surface area contributed by atoms with E-state index in [1.165, 1.54) is 0 Å². The maximum absolute atomic E-state index is 13.8. The van der Waals surface area contributed by atoms with Crippen molar-refractivity contribution >= 4 is 33.4 Å². The number of ether oxygens (including phenoxy) is 3. The van der Waals surface area contributed by atoms with Crippen LogP contribution in [-0.4, -0.2) is 31.7 Å². The second-order valence-corrected chi connectivity index (χ2v) is 10.7. The van der Waals surface area contributed by atoms with Crippen molar-refractivity contribution < 1.29 is 23.8 Å². The molecule has 0 saturated heterocycles. The molecule has 39 heavy (non-hydrogen) atoms. The molecule has 0 N–H and O–H groups in total. The third kappa shape index (κ3) is 5.55. The first-order valence-corrected chi connectivity index (χ1v) is 13.7. The Morgan fingerprint density at radius 1 is 0.949 bits per heavy atom. The second kappa shape index (κ2) is 11.6. The molecular formula is C32H30BrNO5. The predicted octanol–water partition coefficient (Wildman–Crippen LogP) is 6.78. The number of aliphatic imine (C=N–C) groups is 1. The molecule has 0 spiro atoms. The molecule has 2 aliphatic rings. The van der Waals surface area contributed by atoms with Crippen LogP contribution >= 0.6 is 15.9 Å². The van der Waals surface area contributed by atoms with Gasteiger partial charge in [-0.15, -0.1) is 0 Å². The number of hydrogen-bond acceptors (Lipinski definition) is 6. The summed E-state index contributed by atoms with van der Waals surface area (Å²) in [5, 5.41) is 0. The van der Waals surface area contributed by atoms with Gasteiger partial charge < -0.3 is 14.2 Å². The molecule has 0 aromatic heterocycles. The van der Waals surface area contributed by atoms with Crippen LogP contribution in [0, 0.1) is 5.92 Å². The van der Waals surface area contributed by atoms with Crippen LogP contribution in [-0.2, 0) is 20.9 Å². The minimum atomic E-state index is -0.714. The van der Waals surface area contributed by atoms with E-state index >= 15 is 0 Å². The van der Waals surface area contributed by atoms with Crippen LogP contribution in [0.3, 0.4) is 0 Å². The molecule has 200 valence electrons. The van der Waals surface area contributed by atoms with Gasteiger partial charge in [0.25, 0.3) is 0 Å². The second-order valence-electron chi connectivity index (χ2n) is 9.86. The average molecular weight is 588 g/mol. The molecule has 1 aliphatic carbocycles. The SMILES string of the molecule is COc1ccc([C@@H]2CC(=O)C3=C(C2)N=C(C)C(C(=O)OCc2ccccc2)[C@@H]3c2ccc(OC)c(Br)c2)cc1. The minimum Gasteiger partial charge on any atom is -0.497 e. The summed E-state index contributed by atoms with van der Waals surface area (Å²) in [7, 11) is 3.24. The van der Waals surface area contributed by atoms with Gasteiger partial charge in [0.2, 0.25) is 0 Å². The Morgan fingerprint density at radius 2 is 1.67 bits per heavy atom. The van der Waals surface area contributed by atoms with Crippen molar-refractivity contribution in [3.05, 3.63) is 105 Å². The Morgan fingerprint density at radius 3 is 2.33 bits per heavy atom. The number of ketones is 1. The first-order chi connectivity index (χ1) is 18.9. The van der Waals surface area contributed by atoms with Crippen LogP contribution in [0.4, 0.5) is 0 Å². The summed E-state index contributed by atoms with van der Waals surface area (Å²) in [6.07, 6.45) is 0.962. The number of esters is 1. The Labute approximate surface area is 236 Å². The van der Waals surface area contributed by atoms with E-state index in [1.807, 2.05) is 79.7 Å². The van der Waals surface area contributed by atoms with Crippen molar-refractivity contribution in [3.63, 3.8) is 0 Å². The van der Waals surface area contributed by atoms with E-state index in [0.717, 1.165) is 32.6 Å². The number of Topliss-reactive ketones (excluding diaryl/α,β-unsaturated/α-hetero) is 1. The van der Waals surface area contributed by atoms with Gasteiger partial charge in [-0.3, -0.25) is 14.6 Å². The topological polar surface area (TPSA) is 74.2 Å². The van der Waals surface area contributed by atoms with Gasteiger partial charge in [0.15, 0.2) is 5.78 Å². The van der Waals surface area contributed by atoms with Crippen LogP contribution in [0.15, 0.2) is 93.5 Å². The number of hydrogen-bond donors (Lipinski definition) is 0. The van der Waals surface area contributed by atoms with Crippen molar-refractivity contribution in [1.29, 1.82) is 0 Å². The van der Waals surface area contributed by atoms with Gasteiger partial charge >= 0.3 is 5.97 Å². The van der Waals surface area contributed by atoms with Crippen LogP contribution in [0.2, 0.25) is 0 Å². The maximum Gasteiger partial charge on any atom is 0.315 e. The summed E-state index contributed by atoms with van der Waals surface area (Å²) < 4.78 is 17.3. The zero-order chi connectivity index (χ0) is 27.5. The minimum absolute atomic E-state index is 0.00328. The number of benzene rings is 3. The van der Waals surface area contributed by atoms with E-state index in [1.54, 1.807) is 14.2 Å². The van der Waals surface area contributed by atoms with Gasteiger partial charge in [-0.1, -0.05) is 48.5 Å². The Bertz CT molecular complexity index is 1450. The molecule has 1 heterocycles. The van der Waals surface area contributed by atoms with Crippen LogP contribution < -0.4 is 9.47 Å². The molecule has 6 nitrogen and oxygen atoms in total. The molecule has 0 fully saturated rings.